The number of pyridine rings is 1. The van der Waals surface area contributed by atoms with Crippen LogP contribution in [0.15, 0.2) is 48.7 Å². The lowest BCUT2D eigenvalue weighted by Gasteiger charge is -1.96. The Balaban J connectivity index is 2.72. The Labute approximate surface area is 101 Å². The maximum Gasteiger partial charge on any atom is 0.585 e. The van der Waals surface area contributed by atoms with Crippen LogP contribution in [0.5, 0.6) is 0 Å². The molecule has 2 aromatic rings. The van der Waals surface area contributed by atoms with Crippen molar-refractivity contribution in [3.63, 3.8) is 0 Å². The molecule has 7 nitrogen and oxygen atoms in total. The summed E-state index contributed by atoms with van der Waals surface area (Å²) in [6, 6.07) is 10.9. The van der Waals surface area contributed by atoms with Gasteiger partial charge in [0.15, 0.2) is 6.20 Å². The SMILES string of the molecule is O=[N+]([O-])c1ccc[n+](-c2ccccc2)c1[N+](=O)[O-]. The van der Waals surface area contributed by atoms with E-state index in [1.54, 1.807) is 30.3 Å². The molecule has 0 aliphatic heterocycles. The molecule has 1 aromatic carbocycles. The normalized spacial score (nSPS) is 10.0. The molecule has 0 aliphatic carbocycles. The average Bonchev–Trinajstić information content (AvgIpc) is 2.38. The Morgan fingerprint density at radius 1 is 0.889 bits per heavy atom. The van der Waals surface area contributed by atoms with Gasteiger partial charge in [-0.2, -0.15) is 0 Å². The Kier molecular flexibility index (Phi) is 2.96. The van der Waals surface area contributed by atoms with Gasteiger partial charge in [-0.05, 0) is 0 Å². The molecule has 0 aliphatic rings. The number of nitrogens with zero attached hydrogens (tertiary/aromatic N) is 3. The molecular formula is C11H8N3O4+. The van der Waals surface area contributed by atoms with Crippen LogP contribution in [0, 0.1) is 20.2 Å². The fraction of sp³-hybridized carbons (Fsp3) is 0. The number of rotatable bonds is 3. The van der Waals surface area contributed by atoms with E-state index in [1.807, 2.05) is 0 Å². The molecule has 0 fully saturated rings. The molecule has 0 bridgehead atoms. The van der Waals surface area contributed by atoms with Crippen LogP contribution in [0.4, 0.5) is 11.5 Å². The molecule has 0 unspecified atom stereocenters. The maximum atomic E-state index is 11.0. The van der Waals surface area contributed by atoms with Crippen LogP contribution < -0.4 is 4.57 Å². The zero-order valence-electron chi connectivity index (χ0n) is 9.09. The van der Waals surface area contributed by atoms with Crippen molar-refractivity contribution in [3.8, 4) is 5.69 Å². The summed E-state index contributed by atoms with van der Waals surface area (Å²) >= 11 is 0. The van der Waals surface area contributed by atoms with E-state index in [4.69, 9.17) is 0 Å². The smallest absolute Gasteiger partial charge is 0.258 e. The number of para-hydroxylation sites is 1. The average molecular weight is 246 g/mol. The number of nitro groups is 2. The molecule has 7 heteroatoms. The molecule has 1 aromatic heterocycles. The van der Waals surface area contributed by atoms with E-state index in [0.29, 0.717) is 5.69 Å². The van der Waals surface area contributed by atoms with Crippen molar-refractivity contribution in [2.75, 3.05) is 0 Å². The number of aromatic nitrogens is 1. The third kappa shape index (κ3) is 2.01. The zero-order valence-corrected chi connectivity index (χ0v) is 9.09. The molecule has 2 rings (SSSR count). The number of hydrogen-bond acceptors (Lipinski definition) is 4. The first-order chi connectivity index (χ1) is 8.61. The summed E-state index contributed by atoms with van der Waals surface area (Å²) in [7, 11) is 0. The van der Waals surface area contributed by atoms with E-state index in [1.165, 1.54) is 16.8 Å². The molecule has 0 spiro atoms. The minimum absolute atomic E-state index is 0.493. The Morgan fingerprint density at radius 3 is 2.11 bits per heavy atom. The van der Waals surface area contributed by atoms with Crippen LogP contribution in [-0.4, -0.2) is 9.85 Å². The van der Waals surface area contributed by atoms with E-state index in [9.17, 15) is 20.2 Å². The van der Waals surface area contributed by atoms with Crippen LogP contribution in [-0.2, 0) is 0 Å². The molecule has 0 atom stereocenters. The van der Waals surface area contributed by atoms with Gasteiger partial charge in [0.2, 0.25) is 5.69 Å². The van der Waals surface area contributed by atoms with Gasteiger partial charge in [-0.1, -0.05) is 22.8 Å². The van der Waals surface area contributed by atoms with Crippen LogP contribution in [0.2, 0.25) is 0 Å². The van der Waals surface area contributed by atoms with E-state index < -0.39 is 21.4 Å². The maximum absolute atomic E-state index is 11.0. The van der Waals surface area contributed by atoms with Crippen molar-refractivity contribution in [3.05, 3.63) is 68.9 Å². The van der Waals surface area contributed by atoms with Gasteiger partial charge >= 0.3 is 11.5 Å². The summed E-state index contributed by atoms with van der Waals surface area (Å²) in [5.41, 5.74) is -0.0424. The summed E-state index contributed by atoms with van der Waals surface area (Å²) in [6.07, 6.45) is 1.42. The first-order valence-corrected chi connectivity index (χ1v) is 5.00. The van der Waals surface area contributed by atoms with E-state index >= 15 is 0 Å². The quantitative estimate of drug-likeness (QED) is 0.469. The highest BCUT2D eigenvalue weighted by molar-refractivity contribution is 5.43. The summed E-state index contributed by atoms with van der Waals surface area (Å²) in [5, 5.41) is 21.8. The molecule has 0 amide bonds. The second kappa shape index (κ2) is 4.58. The number of hydrogen-bond donors (Lipinski definition) is 0. The second-order valence-electron chi connectivity index (χ2n) is 3.44. The summed E-state index contributed by atoms with van der Waals surface area (Å²) < 4.78 is 1.18. The molecular weight excluding hydrogens is 238 g/mol. The minimum Gasteiger partial charge on any atom is -0.258 e. The molecule has 0 radical (unpaired) electrons. The first-order valence-electron chi connectivity index (χ1n) is 5.00. The Bertz CT molecular complexity index is 613. The van der Waals surface area contributed by atoms with Gasteiger partial charge in [0.1, 0.15) is 4.92 Å². The highest BCUT2D eigenvalue weighted by Crippen LogP contribution is 2.22. The number of benzene rings is 1. The molecule has 0 N–H and O–H groups in total. The summed E-state index contributed by atoms with van der Waals surface area (Å²) in [6.45, 7) is 0. The van der Waals surface area contributed by atoms with E-state index in [0.717, 1.165) is 6.07 Å². The molecule has 18 heavy (non-hydrogen) atoms. The lowest BCUT2D eigenvalue weighted by molar-refractivity contribution is -0.661. The largest absolute Gasteiger partial charge is 0.585 e. The molecule has 1 heterocycles. The van der Waals surface area contributed by atoms with Crippen LogP contribution in [0.25, 0.3) is 5.69 Å². The second-order valence-corrected chi connectivity index (χ2v) is 3.44. The third-order valence-electron chi connectivity index (χ3n) is 2.35. The van der Waals surface area contributed by atoms with Crippen molar-refractivity contribution in [2.45, 2.75) is 0 Å². The van der Waals surface area contributed by atoms with Crippen LogP contribution >= 0.6 is 0 Å². The van der Waals surface area contributed by atoms with Crippen molar-refractivity contribution in [2.24, 2.45) is 0 Å². The van der Waals surface area contributed by atoms with Crippen molar-refractivity contribution in [1.82, 2.24) is 0 Å². The monoisotopic (exact) mass is 246 g/mol. The van der Waals surface area contributed by atoms with Crippen molar-refractivity contribution in [1.29, 1.82) is 0 Å². The third-order valence-corrected chi connectivity index (χ3v) is 2.35. The minimum atomic E-state index is -0.766. The lowest BCUT2D eigenvalue weighted by atomic mass is 10.3. The van der Waals surface area contributed by atoms with Crippen molar-refractivity contribution >= 4 is 11.5 Å². The highest BCUT2D eigenvalue weighted by Gasteiger charge is 2.37. The van der Waals surface area contributed by atoms with E-state index in [-0.39, 0.29) is 0 Å². The first kappa shape index (κ1) is 11.6. The van der Waals surface area contributed by atoms with E-state index in [2.05, 4.69) is 0 Å². The summed E-state index contributed by atoms with van der Waals surface area (Å²) in [5.74, 6) is -0.561. The molecule has 0 saturated carbocycles. The van der Waals surface area contributed by atoms with Crippen molar-refractivity contribution < 1.29 is 14.4 Å². The topological polar surface area (TPSA) is 90.2 Å². The van der Waals surface area contributed by atoms with Crippen LogP contribution in [0.1, 0.15) is 0 Å². The van der Waals surface area contributed by atoms with Crippen LogP contribution in [0.3, 0.4) is 0 Å². The van der Waals surface area contributed by atoms with Gasteiger partial charge in [-0.3, -0.25) is 20.2 Å². The fourth-order valence-electron chi connectivity index (χ4n) is 1.61. The fourth-order valence-corrected chi connectivity index (χ4v) is 1.61. The van der Waals surface area contributed by atoms with Gasteiger partial charge < -0.3 is 0 Å². The Hall–Kier alpha value is -2.83. The summed E-state index contributed by atoms with van der Waals surface area (Å²) in [4.78, 5) is 20.3. The molecule has 90 valence electrons. The predicted octanol–water partition coefficient (Wildman–Crippen LogP) is 1.78. The van der Waals surface area contributed by atoms with Gasteiger partial charge in [0.25, 0.3) is 0 Å². The zero-order chi connectivity index (χ0) is 13.1. The van der Waals surface area contributed by atoms with Gasteiger partial charge in [0.05, 0.1) is 4.92 Å². The molecule has 0 saturated heterocycles. The lowest BCUT2D eigenvalue weighted by Crippen LogP contribution is -2.34. The van der Waals surface area contributed by atoms with Gasteiger partial charge in [-0.15, -0.1) is 0 Å². The van der Waals surface area contributed by atoms with Gasteiger partial charge in [0, 0.05) is 24.3 Å². The highest BCUT2D eigenvalue weighted by atomic mass is 16.6. The Morgan fingerprint density at radius 2 is 1.56 bits per heavy atom. The standard InChI is InChI=1S/C11H8N3O4/c15-13(16)10-7-4-8-12(11(10)14(17)18)9-5-2-1-3-6-9/h1-8H/q+1. The predicted molar refractivity (Wildman–Crippen MR) is 61.3 cm³/mol. The van der Waals surface area contributed by atoms with Gasteiger partial charge in [-0.25, -0.2) is 0 Å².